The maximum atomic E-state index is 10.4. The van der Waals surface area contributed by atoms with Gasteiger partial charge in [0, 0.05) is 11.5 Å². The summed E-state index contributed by atoms with van der Waals surface area (Å²) in [5.41, 5.74) is 1.14. The van der Waals surface area contributed by atoms with E-state index in [4.69, 9.17) is 4.74 Å². The molecule has 0 saturated heterocycles. The van der Waals surface area contributed by atoms with Crippen LogP contribution in [0.15, 0.2) is 11.5 Å². The third kappa shape index (κ3) is 5.72. The fourth-order valence-corrected chi connectivity index (χ4v) is 2.98. The van der Waals surface area contributed by atoms with Crippen LogP contribution in [-0.2, 0) is 10.1 Å². The van der Waals surface area contributed by atoms with Crippen molar-refractivity contribution in [2.75, 3.05) is 18.6 Å². The van der Waals surface area contributed by atoms with Gasteiger partial charge in [-0.25, -0.2) is 18.4 Å². The summed E-state index contributed by atoms with van der Waals surface area (Å²) in [5, 5.41) is 0.656. The number of aromatic amines is 1. The topological polar surface area (TPSA) is 121 Å². The van der Waals surface area contributed by atoms with Crippen LogP contribution in [0.3, 0.4) is 0 Å². The van der Waals surface area contributed by atoms with Crippen LogP contribution in [0.5, 0.6) is 5.88 Å². The molecule has 0 spiro atoms. The van der Waals surface area contributed by atoms with Gasteiger partial charge in [-0.15, -0.1) is 0 Å². The van der Waals surface area contributed by atoms with Crippen molar-refractivity contribution in [2.45, 2.75) is 18.0 Å². The van der Waals surface area contributed by atoms with Gasteiger partial charge >= 0.3 is 29.6 Å². The summed E-state index contributed by atoms with van der Waals surface area (Å²) in [7, 11) is -2.60. The molecule has 0 atom stereocenters. The molecule has 0 radical (unpaired) electrons. The number of thioether (sulfide) groups is 1. The number of imidazole rings is 1. The predicted molar refractivity (Wildman–Crippen MR) is 72.8 cm³/mol. The number of unbranched alkanes of at least 4 members (excludes halogenated alkanes) is 1. The van der Waals surface area contributed by atoms with E-state index in [1.54, 1.807) is 0 Å². The van der Waals surface area contributed by atoms with Gasteiger partial charge in [-0.2, -0.15) is 4.98 Å². The molecule has 110 valence electrons. The number of fused-ring (bicyclic) bond motifs is 1. The summed E-state index contributed by atoms with van der Waals surface area (Å²) < 4.78 is 36.4. The van der Waals surface area contributed by atoms with Gasteiger partial charge in [-0.05, 0) is 12.8 Å². The Morgan fingerprint density at radius 1 is 1.38 bits per heavy atom. The molecule has 0 fully saturated rings. The Morgan fingerprint density at radius 3 is 2.81 bits per heavy atom. The normalized spacial score (nSPS) is 11.3. The number of hydrogen-bond donors (Lipinski definition) is 1. The van der Waals surface area contributed by atoms with Gasteiger partial charge < -0.3 is 14.3 Å². The van der Waals surface area contributed by atoms with E-state index in [-0.39, 0.29) is 35.3 Å². The van der Waals surface area contributed by atoms with Gasteiger partial charge in [-0.1, -0.05) is 11.8 Å². The van der Waals surface area contributed by atoms with Gasteiger partial charge in [0.05, 0.1) is 17.2 Å². The third-order valence-corrected chi connectivity index (χ3v) is 4.20. The van der Waals surface area contributed by atoms with Crippen molar-refractivity contribution in [3.05, 3.63) is 6.33 Å². The quantitative estimate of drug-likeness (QED) is 0.260. The Morgan fingerprint density at radius 2 is 2.14 bits per heavy atom. The first-order valence-electron chi connectivity index (χ1n) is 5.80. The monoisotopic (exact) mass is 340 g/mol. The molecule has 0 bridgehead atoms. The summed E-state index contributed by atoms with van der Waals surface area (Å²) in [5.74, 6) is 0.754. The zero-order valence-electron chi connectivity index (χ0n) is 11.7. The number of rotatable bonds is 7. The van der Waals surface area contributed by atoms with E-state index in [0.717, 1.165) is 0 Å². The fraction of sp³-hybridized carbons (Fsp3) is 0.500. The molecule has 0 unspecified atom stereocenters. The minimum absolute atomic E-state index is 0. The van der Waals surface area contributed by atoms with E-state index in [1.807, 2.05) is 0 Å². The number of nitrogens with zero attached hydrogens (tertiary/aromatic N) is 3. The zero-order valence-corrected chi connectivity index (χ0v) is 15.3. The van der Waals surface area contributed by atoms with E-state index in [0.29, 0.717) is 40.8 Å². The van der Waals surface area contributed by atoms with Gasteiger partial charge in [0.25, 0.3) is 0 Å². The molecule has 0 aliphatic carbocycles. The number of ether oxygens (including phenoxy) is 1. The first kappa shape index (κ1) is 18.7. The van der Waals surface area contributed by atoms with E-state index in [2.05, 4.69) is 19.9 Å². The van der Waals surface area contributed by atoms with E-state index >= 15 is 0 Å². The van der Waals surface area contributed by atoms with Crippen LogP contribution in [0.1, 0.15) is 12.8 Å². The molecule has 0 amide bonds. The number of nitrogens with one attached hydrogen (secondary N) is 1. The molecular formula is C10H13N4NaO4S2. The number of H-pyrrole nitrogens is 1. The largest absolute Gasteiger partial charge is 1.00 e. The van der Waals surface area contributed by atoms with Crippen molar-refractivity contribution in [2.24, 2.45) is 0 Å². The maximum absolute atomic E-state index is 10.4. The molecule has 0 aliphatic heterocycles. The second-order valence-electron chi connectivity index (χ2n) is 3.94. The third-order valence-electron chi connectivity index (χ3n) is 2.45. The SMILES string of the molecule is COc1ncnc2nc(SCCCCS(=O)(=O)[O-])[nH]c12.[Na+]. The number of methoxy groups -OCH3 is 1. The number of hydrogen-bond acceptors (Lipinski definition) is 8. The second kappa shape index (κ2) is 8.30. The first-order valence-corrected chi connectivity index (χ1v) is 8.37. The van der Waals surface area contributed by atoms with Crippen molar-refractivity contribution >= 4 is 33.0 Å². The van der Waals surface area contributed by atoms with Crippen molar-refractivity contribution in [1.82, 2.24) is 19.9 Å². The van der Waals surface area contributed by atoms with Crippen LogP contribution in [0.4, 0.5) is 0 Å². The van der Waals surface area contributed by atoms with Crippen LogP contribution in [0.25, 0.3) is 11.2 Å². The summed E-state index contributed by atoms with van der Waals surface area (Å²) in [4.78, 5) is 15.3. The zero-order chi connectivity index (χ0) is 14.6. The van der Waals surface area contributed by atoms with Crippen LogP contribution in [0.2, 0.25) is 0 Å². The maximum Gasteiger partial charge on any atom is 1.00 e. The molecule has 21 heavy (non-hydrogen) atoms. The van der Waals surface area contributed by atoms with Gasteiger partial charge in [-0.3, -0.25) is 0 Å². The van der Waals surface area contributed by atoms with E-state index in [9.17, 15) is 13.0 Å². The molecule has 0 aromatic carbocycles. The Kier molecular flexibility index (Phi) is 7.37. The summed E-state index contributed by atoms with van der Waals surface area (Å²) in [6.07, 6.45) is 2.34. The van der Waals surface area contributed by atoms with E-state index < -0.39 is 10.1 Å². The van der Waals surface area contributed by atoms with Crippen molar-refractivity contribution in [3.63, 3.8) is 0 Å². The minimum Gasteiger partial charge on any atom is -0.748 e. The molecule has 2 aromatic heterocycles. The molecule has 0 aliphatic rings. The summed E-state index contributed by atoms with van der Waals surface area (Å²) in [6, 6.07) is 0. The molecule has 1 N–H and O–H groups in total. The van der Waals surface area contributed by atoms with E-state index in [1.165, 1.54) is 25.2 Å². The average molecular weight is 340 g/mol. The van der Waals surface area contributed by atoms with Gasteiger partial charge in [0.15, 0.2) is 10.8 Å². The fourth-order valence-electron chi connectivity index (χ4n) is 1.56. The molecule has 0 saturated carbocycles. The van der Waals surface area contributed by atoms with Crippen molar-refractivity contribution in [1.29, 1.82) is 0 Å². The standard InChI is InChI=1S/C10H14N4O4S2.Na/c1-18-9-7-8(11-6-12-9)14-10(13-7)19-4-2-3-5-20(15,16)17;/h6H,2-5H2,1H3,(H,15,16,17)(H,11,12,13,14);/q;+1/p-1. The Hall–Kier alpha value is -0.390. The molecule has 2 aromatic rings. The average Bonchev–Trinajstić information content (AvgIpc) is 2.79. The van der Waals surface area contributed by atoms with Crippen molar-refractivity contribution < 1.29 is 47.3 Å². The summed E-state index contributed by atoms with van der Waals surface area (Å²) in [6.45, 7) is 0. The molecule has 11 heteroatoms. The predicted octanol–water partition coefficient (Wildman–Crippen LogP) is -2.22. The van der Waals surface area contributed by atoms with Gasteiger partial charge in [0.1, 0.15) is 11.8 Å². The Balaban J connectivity index is 0.00000220. The van der Waals surface area contributed by atoms with Crippen LogP contribution in [-0.4, -0.2) is 51.5 Å². The van der Waals surface area contributed by atoms with Crippen LogP contribution in [0, 0.1) is 0 Å². The smallest absolute Gasteiger partial charge is 0.748 e. The first-order chi connectivity index (χ1) is 9.49. The molecular weight excluding hydrogens is 327 g/mol. The second-order valence-corrected chi connectivity index (χ2v) is 6.55. The van der Waals surface area contributed by atoms with Gasteiger partial charge in [0.2, 0.25) is 5.88 Å². The van der Waals surface area contributed by atoms with Crippen LogP contribution >= 0.6 is 11.8 Å². The number of aromatic nitrogens is 4. The molecule has 8 nitrogen and oxygen atoms in total. The molecule has 2 heterocycles. The Labute approximate surface area is 148 Å². The Bertz CT molecular complexity index is 691. The summed E-state index contributed by atoms with van der Waals surface area (Å²) >= 11 is 1.43. The minimum atomic E-state index is -4.12. The van der Waals surface area contributed by atoms with Crippen LogP contribution < -0.4 is 34.3 Å². The molecule has 2 rings (SSSR count). The van der Waals surface area contributed by atoms with Crippen molar-refractivity contribution in [3.8, 4) is 5.88 Å².